The third kappa shape index (κ3) is 4.06. The van der Waals surface area contributed by atoms with Crippen LogP contribution in [0.2, 0.25) is 0 Å². The van der Waals surface area contributed by atoms with Gasteiger partial charge in [-0.25, -0.2) is 9.59 Å². The molecule has 0 atom stereocenters. The molecule has 94 valence electrons. The summed E-state index contributed by atoms with van der Waals surface area (Å²) in [5.74, 6) is -1.04. The minimum Gasteiger partial charge on any atom is -0.480 e. The topological polar surface area (TPSA) is 78.9 Å². The first-order chi connectivity index (χ1) is 7.34. The van der Waals surface area contributed by atoms with Crippen molar-refractivity contribution in [2.75, 3.05) is 27.3 Å². The molecule has 0 saturated heterocycles. The smallest absolute Gasteiger partial charge is 0.329 e. The summed E-state index contributed by atoms with van der Waals surface area (Å²) in [5, 5.41) is 11.6. The molecule has 0 saturated carbocycles. The minimum absolute atomic E-state index is 0.400. The van der Waals surface area contributed by atoms with Crippen molar-refractivity contribution in [2.45, 2.75) is 25.8 Å². The molecule has 6 heteroatoms. The lowest BCUT2D eigenvalue weighted by atomic mass is 10.1. The molecule has 0 aromatic rings. The fraction of sp³-hybridized carbons (Fsp3) is 0.800. The van der Waals surface area contributed by atoms with Crippen LogP contribution in [0, 0.1) is 0 Å². The number of methoxy groups -OCH3 is 1. The molecule has 0 heterocycles. The van der Waals surface area contributed by atoms with Crippen LogP contribution in [-0.2, 0) is 9.53 Å². The molecule has 0 aromatic heterocycles. The van der Waals surface area contributed by atoms with Gasteiger partial charge in [-0.15, -0.1) is 0 Å². The molecule has 0 spiro atoms. The molecule has 0 unspecified atom stereocenters. The predicted octanol–water partition coefficient (Wildman–Crippen LogP) is 0.527. The number of hydrogen-bond donors (Lipinski definition) is 2. The zero-order chi connectivity index (χ0) is 12.8. The second-order valence-electron chi connectivity index (χ2n) is 4.00. The van der Waals surface area contributed by atoms with Gasteiger partial charge in [0.15, 0.2) is 0 Å². The van der Waals surface area contributed by atoms with Gasteiger partial charge in [0.05, 0.1) is 0 Å². The number of carbonyl (C=O) groups is 2. The van der Waals surface area contributed by atoms with Gasteiger partial charge >= 0.3 is 12.0 Å². The highest BCUT2D eigenvalue weighted by atomic mass is 16.5. The van der Waals surface area contributed by atoms with Gasteiger partial charge in [0.1, 0.15) is 5.54 Å². The van der Waals surface area contributed by atoms with Crippen molar-refractivity contribution < 1.29 is 19.4 Å². The predicted molar refractivity (Wildman–Crippen MR) is 59.4 cm³/mol. The lowest BCUT2D eigenvalue weighted by Crippen LogP contribution is -2.54. The first-order valence-corrected chi connectivity index (χ1v) is 5.08. The summed E-state index contributed by atoms with van der Waals surface area (Å²) in [4.78, 5) is 23.6. The number of amides is 2. The number of nitrogens with zero attached hydrogens (tertiary/aromatic N) is 1. The number of nitrogens with one attached hydrogen (secondary N) is 1. The Morgan fingerprint density at radius 1 is 1.44 bits per heavy atom. The molecule has 0 rings (SSSR count). The van der Waals surface area contributed by atoms with Crippen LogP contribution in [0.3, 0.4) is 0 Å². The molecule has 0 radical (unpaired) electrons. The monoisotopic (exact) mass is 232 g/mol. The van der Waals surface area contributed by atoms with Crippen molar-refractivity contribution >= 4 is 12.0 Å². The van der Waals surface area contributed by atoms with Gasteiger partial charge in [0, 0.05) is 27.3 Å². The van der Waals surface area contributed by atoms with Crippen LogP contribution >= 0.6 is 0 Å². The third-order valence-corrected chi connectivity index (χ3v) is 2.47. The summed E-state index contributed by atoms with van der Waals surface area (Å²) in [6.07, 6.45) is 0.698. The average Bonchev–Trinajstić information content (AvgIpc) is 2.22. The van der Waals surface area contributed by atoms with E-state index in [9.17, 15) is 9.59 Å². The molecular weight excluding hydrogens is 212 g/mol. The van der Waals surface area contributed by atoms with Gasteiger partial charge in [0.25, 0.3) is 0 Å². The van der Waals surface area contributed by atoms with Crippen molar-refractivity contribution in [3.05, 3.63) is 0 Å². The van der Waals surface area contributed by atoms with E-state index < -0.39 is 17.5 Å². The number of carbonyl (C=O) groups excluding carboxylic acids is 1. The number of aliphatic carboxylic acids is 1. The molecule has 0 aromatic carbocycles. The Balaban J connectivity index is 4.13. The maximum atomic E-state index is 11.6. The second kappa shape index (κ2) is 6.32. The van der Waals surface area contributed by atoms with E-state index in [1.165, 1.54) is 25.8 Å². The van der Waals surface area contributed by atoms with Gasteiger partial charge in [-0.2, -0.15) is 0 Å². The van der Waals surface area contributed by atoms with Crippen molar-refractivity contribution in [1.29, 1.82) is 0 Å². The molecule has 0 aliphatic heterocycles. The number of carboxylic acid groups (broad SMARTS) is 1. The van der Waals surface area contributed by atoms with Crippen molar-refractivity contribution in [1.82, 2.24) is 10.2 Å². The maximum Gasteiger partial charge on any atom is 0.329 e. The van der Waals surface area contributed by atoms with E-state index in [2.05, 4.69) is 5.32 Å². The summed E-state index contributed by atoms with van der Waals surface area (Å²) < 4.78 is 4.83. The molecule has 0 fully saturated rings. The van der Waals surface area contributed by atoms with Crippen LogP contribution in [0.1, 0.15) is 20.3 Å². The molecule has 6 nitrogen and oxygen atoms in total. The summed E-state index contributed by atoms with van der Waals surface area (Å²) >= 11 is 0. The van der Waals surface area contributed by atoms with Gasteiger partial charge in [-0.3, -0.25) is 0 Å². The molecule has 2 amide bonds. The lowest BCUT2D eigenvalue weighted by molar-refractivity contribution is -0.146. The van der Waals surface area contributed by atoms with Crippen LogP contribution in [-0.4, -0.2) is 54.9 Å². The van der Waals surface area contributed by atoms with E-state index in [-0.39, 0.29) is 0 Å². The summed E-state index contributed by atoms with van der Waals surface area (Å²) in [7, 11) is 3.04. The van der Waals surface area contributed by atoms with Crippen LogP contribution in [0.15, 0.2) is 0 Å². The summed E-state index contributed by atoms with van der Waals surface area (Å²) in [5.41, 5.74) is -1.22. The van der Waals surface area contributed by atoms with E-state index >= 15 is 0 Å². The van der Waals surface area contributed by atoms with Gasteiger partial charge < -0.3 is 20.1 Å². The molecule has 0 aliphatic rings. The molecule has 2 N–H and O–H groups in total. The number of likely N-dealkylation sites (N-methyl/N-ethyl adjacent to an activating group) is 1. The van der Waals surface area contributed by atoms with Crippen molar-refractivity contribution in [3.63, 3.8) is 0 Å². The maximum absolute atomic E-state index is 11.6. The normalized spacial score (nSPS) is 11.0. The summed E-state index contributed by atoms with van der Waals surface area (Å²) in [6.45, 7) is 3.98. The van der Waals surface area contributed by atoms with Crippen LogP contribution in [0.5, 0.6) is 0 Å². The minimum atomic E-state index is -1.22. The van der Waals surface area contributed by atoms with E-state index in [1.54, 1.807) is 7.11 Å². The first-order valence-electron chi connectivity index (χ1n) is 5.08. The van der Waals surface area contributed by atoms with E-state index in [0.717, 1.165) is 0 Å². The highest BCUT2D eigenvalue weighted by Gasteiger charge is 2.34. The Labute approximate surface area is 95.6 Å². The van der Waals surface area contributed by atoms with Crippen LogP contribution in [0.25, 0.3) is 0 Å². The zero-order valence-corrected chi connectivity index (χ0v) is 10.2. The Morgan fingerprint density at radius 2 is 2.00 bits per heavy atom. The zero-order valence-electron chi connectivity index (χ0n) is 10.2. The third-order valence-electron chi connectivity index (χ3n) is 2.47. The van der Waals surface area contributed by atoms with E-state index in [1.807, 2.05) is 0 Å². The first kappa shape index (κ1) is 14.7. The Morgan fingerprint density at radius 3 is 2.44 bits per heavy atom. The number of hydrogen-bond acceptors (Lipinski definition) is 3. The van der Waals surface area contributed by atoms with Gasteiger partial charge in [0.2, 0.25) is 0 Å². The standard InChI is InChI=1S/C10H20N2O4/c1-10(2,8(13)14)12(3)9(15)11-6-5-7-16-4/h5-7H2,1-4H3,(H,11,15)(H,13,14). The second-order valence-corrected chi connectivity index (χ2v) is 4.00. The van der Waals surface area contributed by atoms with Gasteiger partial charge in [-0.05, 0) is 20.3 Å². The Kier molecular flexibility index (Phi) is 5.81. The van der Waals surface area contributed by atoms with Crippen molar-refractivity contribution in [2.24, 2.45) is 0 Å². The van der Waals surface area contributed by atoms with Gasteiger partial charge in [-0.1, -0.05) is 0 Å². The highest BCUT2D eigenvalue weighted by molar-refractivity contribution is 5.85. The van der Waals surface area contributed by atoms with Crippen molar-refractivity contribution in [3.8, 4) is 0 Å². The number of carboxylic acids is 1. The van der Waals surface area contributed by atoms with E-state index in [0.29, 0.717) is 19.6 Å². The SMILES string of the molecule is COCCCNC(=O)N(C)C(C)(C)C(=O)O. The molecule has 0 aliphatic carbocycles. The largest absolute Gasteiger partial charge is 0.480 e. The lowest BCUT2D eigenvalue weighted by Gasteiger charge is -2.31. The van der Waals surface area contributed by atoms with Crippen LogP contribution in [0.4, 0.5) is 4.79 Å². The molecule has 16 heavy (non-hydrogen) atoms. The fourth-order valence-electron chi connectivity index (χ4n) is 0.928. The quantitative estimate of drug-likeness (QED) is 0.655. The molecule has 0 bridgehead atoms. The van der Waals surface area contributed by atoms with E-state index in [4.69, 9.17) is 9.84 Å². The summed E-state index contributed by atoms with van der Waals surface area (Å²) in [6, 6.07) is -0.400. The fourth-order valence-corrected chi connectivity index (χ4v) is 0.928. The number of rotatable bonds is 6. The Bertz CT molecular complexity index is 253. The number of urea groups is 1. The Hall–Kier alpha value is -1.30. The molecular formula is C10H20N2O4. The highest BCUT2D eigenvalue weighted by Crippen LogP contribution is 2.12. The number of ether oxygens (including phenoxy) is 1. The van der Waals surface area contributed by atoms with Crippen LogP contribution < -0.4 is 5.32 Å². The average molecular weight is 232 g/mol.